The maximum absolute atomic E-state index is 10.7. The number of aliphatic hydroxyl groups excluding tert-OH is 2. The van der Waals surface area contributed by atoms with Gasteiger partial charge in [-0.3, -0.25) is 4.79 Å². The lowest BCUT2D eigenvalue weighted by atomic mass is 10.1. The number of thiophene rings is 1. The van der Waals surface area contributed by atoms with Gasteiger partial charge in [-0.05, 0) is 23.9 Å². The van der Waals surface area contributed by atoms with Gasteiger partial charge in [0.15, 0.2) is 5.12 Å². The number of hydrogen-bond acceptors (Lipinski definition) is 5. The van der Waals surface area contributed by atoms with E-state index in [1.807, 2.05) is 18.4 Å². The average molecular weight is 246 g/mol. The van der Waals surface area contributed by atoms with E-state index < -0.39 is 12.2 Å². The zero-order chi connectivity index (χ0) is 11.4. The number of aryl methyl sites for hydroxylation is 1. The summed E-state index contributed by atoms with van der Waals surface area (Å²) < 4.78 is 0. The number of rotatable bonds is 4. The van der Waals surface area contributed by atoms with E-state index in [1.54, 1.807) is 0 Å². The summed E-state index contributed by atoms with van der Waals surface area (Å²) in [4.78, 5) is 11.5. The van der Waals surface area contributed by atoms with Crippen LogP contribution in [0.25, 0.3) is 0 Å². The van der Waals surface area contributed by atoms with Gasteiger partial charge in [0, 0.05) is 17.6 Å². The van der Waals surface area contributed by atoms with Crippen molar-refractivity contribution in [3.05, 3.63) is 21.9 Å². The van der Waals surface area contributed by atoms with Crippen LogP contribution in [0.3, 0.4) is 0 Å². The summed E-state index contributed by atoms with van der Waals surface area (Å²) in [6.45, 7) is 3.33. The second kappa shape index (κ2) is 5.65. The molecule has 0 radical (unpaired) electrons. The fourth-order valence-electron chi connectivity index (χ4n) is 1.16. The van der Waals surface area contributed by atoms with Crippen LogP contribution in [0.1, 0.15) is 23.5 Å². The molecule has 0 aliphatic rings. The number of thioether (sulfide) groups is 1. The first kappa shape index (κ1) is 12.7. The molecule has 1 aromatic heterocycles. The smallest absolute Gasteiger partial charge is 0.185 e. The maximum Gasteiger partial charge on any atom is 0.185 e. The normalized spacial score (nSPS) is 14.9. The monoisotopic (exact) mass is 246 g/mol. The van der Waals surface area contributed by atoms with Crippen molar-refractivity contribution in [3.63, 3.8) is 0 Å². The highest BCUT2D eigenvalue weighted by molar-refractivity contribution is 8.13. The van der Waals surface area contributed by atoms with Gasteiger partial charge in [-0.25, -0.2) is 0 Å². The van der Waals surface area contributed by atoms with Crippen molar-refractivity contribution in [3.8, 4) is 0 Å². The van der Waals surface area contributed by atoms with Gasteiger partial charge >= 0.3 is 0 Å². The van der Waals surface area contributed by atoms with Crippen molar-refractivity contribution >= 4 is 28.2 Å². The van der Waals surface area contributed by atoms with Crippen LogP contribution in [-0.2, 0) is 4.79 Å². The highest BCUT2D eigenvalue weighted by Gasteiger charge is 2.21. The van der Waals surface area contributed by atoms with E-state index in [0.717, 1.165) is 22.2 Å². The van der Waals surface area contributed by atoms with Gasteiger partial charge in [0.05, 0.1) is 6.10 Å². The Morgan fingerprint density at radius 3 is 2.73 bits per heavy atom. The molecule has 1 rings (SSSR count). The summed E-state index contributed by atoms with van der Waals surface area (Å²) in [5.74, 6) is 0.230. The summed E-state index contributed by atoms with van der Waals surface area (Å²) in [6, 6.07) is 1.90. The molecule has 1 aromatic rings. The van der Waals surface area contributed by atoms with E-state index in [2.05, 4.69) is 0 Å². The molecular formula is C10H14O3S2. The maximum atomic E-state index is 10.7. The van der Waals surface area contributed by atoms with Gasteiger partial charge in [0.1, 0.15) is 6.10 Å². The molecule has 0 spiro atoms. The molecule has 15 heavy (non-hydrogen) atoms. The largest absolute Gasteiger partial charge is 0.389 e. The molecule has 0 amide bonds. The fraction of sp³-hybridized carbons (Fsp3) is 0.500. The van der Waals surface area contributed by atoms with Crippen molar-refractivity contribution < 1.29 is 15.0 Å². The molecule has 1 heterocycles. The van der Waals surface area contributed by atoms with Gasteiger partial charge in [0.25, 0.3) is 0 Å². The SMILES string of the molecule is CC(=O)SCC(O)C(O)c1sccc1C. The summed E-state index contributed by atoms with van der Waals surface area (Å²) >= 11 is 2.44. The third-order valence-corrected chi connectivity index (χ3v) is 4.00. The highest BCUT2D eigenvalue weighted by atomic mass is 32.2. The first-order valence-electron chi connectivity index (χ1n) is 4.56. The minimum atomic E-state index is -0.892. The molecule has 0 aliphatic heterocycles. The second-order valence-electron chi connectivity index (χ2n) is 3.28. The van der Waals surface area contributed by atoms with E-state index in [4.69, 9.17) is 0 Å². The lowest BCUT2D eigenvalue weighted by molar-refractivity contribution is -0.109. The fourth-order valence-corrected chi connectivity index (χ4v) is 2.71. The third kappa shape index (κ3) is 3.61. The Bertz CT molecular complexity index is 335. The van der Waals surface area contributed by atoms with Crippen molar-refractivity contribution in [2.75, 3.05) is 5.75 Å². The lowest BCUT2D eigenvalue weighted by Gasteiger charge is -2.16. The van der Waals surface area contributed by atoms with E-state index in [9.17, 15) is 15.0 Å². The Morgan fingerprint density at radius 1 is 1.60 bits per heavy atom. The molecule has 0 aromatic carbocycles. The number of carbonyl (C=O) groups excluding carboxylic acids is 1. The standard InChI is InChI=1S/C10H14O3S2/c1-6-3-4-14-10(6)9(13)8(12)5-15-7(2)11/h3-4,8-9,12-13H,5H2,1-2H3. The van der Waals surface area contributed by atoms with Crippen LogP contribution in [0.2, 0.25) is 0 Å². The molecule has 0 aliphatic carbocycles. The second-order valence-corrected chi connectivity index (χ2v) is 5.43. The van der Waals surface area contributed by atoms with E-state index >= 15 is 0 Å². The lowest BCUT2D eigenvalue weighted by Crippen LogP contribution is -2.21. The van der Waals surface area contributed by atoms with Gasteiger partial charge in [0.2, 0.25) is 0 Å². The van der Waals surface area contributed by atoms with Crippen LogP contribution in [-0.4, -0.2) is 27.2 Å². The number of aliphatic hydroxyl groups is 2. The molecule has 0 bridgehead atoms. The molecule has 0 saturated heterocycles. The third-order valence-electron chi connectivity index (χ3n) is 1.99. The molecule has 2 unspecified atom stereocenters. The van der Waals surface area contributed by atoms with E-state index in [1.165, 1.54) is 18.3 Å². The number of hydrogen-bond donors (Lipinski definition) is 2. The summed E-state index contributed by atoms with van der Waals surface area (Å²) in [5.41, 5.74) is 0.972. The van der Waals surface area contributed by atoms with Gasteiger partial charge in [-0.15, -0.1) is 11.3 Å². The van der Waals surface area contributed by atoms with Crippen molar-refractivity contribution in [2.24, 2.45) is 0 Å². The summed E-state index contributed by atoms with van der Waals surface area (Å²) in [5, 5.41) is 21.3. The Kier molecular flexibility index (Phi) is 4.79. The van der Waals surface area contributed by atoms with Gasteiger partial charge in [-0.2, -0.15) is 0 Å². The summed E-state index contributed by atoms with van der Waals surface area (Å²) in [6.07, 6.45) is -1.78. The number of carbonyl (C=O) groups is 1. The van der Waals surface area contributed by atoms with Crippen molar-refractivity contribution in [2.45, 2.75) is 26.1 Å². The van der Waals surface area contributed by atoms with Crippen molar-refractivity contribution in [1.82, 2.24) is 0 Å². The zero-order valence-electron chi connectivity index (χ0n) is 8.64. The molecule has 0 fully saturated rings. The van der Waals surface area contributed by atoms with Crippen LogP contribution < -0.4 is 0 Å². The quantitative estimate of drug-likeness (QED) is 0.849. The summed E-state index contributed by atoms with van der Waals surface area (Å²) in [7, 11) is 0. The Morgan fingerprint density at radius 2 is 2.27 bits per heavy atom. The molecule has 2 atom stereocenters. The van der Waals surface area contributed by atoms with Crippen LogP contribution >= 0.6 is 23.1 Å². The van der Waals surface area contributed by atoms with Crippen LogP contribution in [0.15, 0.2) is 11.4 Å². The first-order chi connectivity index (χ1) is 7.02. The first-order valence-corrected chi connectivity index (χ1v) is 6.42. The van der Waals surface area contributed by atoms with E-state index in [0.29, 0.717) is 0 Å². The predicted octanol–water partition coefficient (Wildman–Crippen LogP) is 1.73. The van der Waals surface area contributed by atoms with Crippen molar-refractivity contribution in [1.29, 1.82) is 0 Å². The average Bonchev–Trinajstić information content (AvgIpc) is 2.59. The molecule has 2 N–H and O–H groups in total. The van der Waals surface area contributed by atoms with Crippen LogP contribution in [0.5, 0.6) is 0 Å². The van der Waals surface area contributed by atoms with Crippen LogP contribution in [0.4, 0.5) is 0 Å². The predicted molar refractivity (Wildman–Crippen MR) is 63.2 cm³/mol. The van der Waals surface area contributed by atoms with E-state index in [-0.39, 0.29) is 10.9 Å². The molecule has 0 saturated carbocycles. The molecular weight excluding hydrogens is 232 g/mol. The van der Waals surface area contributed by atoms with Crippen LogP contribution in [0, 0.1) is 6.92 Å². The Hall–Kier alpha value is -0.360. The topological polar surface area (TPSA) is 57.5 Å². The zero-order valence-corrected chi connectivity index (χ0v) is 10.3. The highest BCUT2D eigenvalue weighted by Crippen LogP contribution is 2.27. The Labute approximate surface area is 97.1 Å². The molecule has 5 heteroatoms. The Balaban J connectivity index is 2.57. The molecule has 84 valence electrons. The minimum Gasteiger partial charge on any atom is -0.389 e. The minimum absolute atomic E-state index is 0.0517. The van der Waals surface area contributed by atoms with Gasteiger partial charge < -0.3 is 10.2 Å². The molecule has 3 nitrogen and oxygen atoms in total. The van der Waals surface area contributed by atoms with Gasteiger partial charge in [-0.1, -0.05) is 11.8 Å².